The van der Waals surface area contributed by atoms with E-state index in [0.29, 0.717) is 5.92 Å². The molecule has 1 aliphatic carbocycles. The van der Waals surface area contributed by atoms with Crippen LogP contribution in [0.3, 0.4) is 0 Å². The van der Waals surface area contributed by atoms with Crippen molar-refractivity contribution in [3.05, 3.63) is 0 Å². The number of likely N-dealkylation sites (tertiary alicyclic amines) is 1. The highest BCUT2D eigenvalue weighted by Crippen LogP contribution is 2.48. The van der Waals surface area contributed by atoms with Gasteiger partial charge in [-0.25, -0.2) is 0 Å². The number of hydrogen-bond acceptors (Lipinski definition) is 2. The second kappa shape index (κ2) is 4.12. The van der Waals surface area contributed by atoms with E-state index in [9.17, 15) is 9.90 Å². The first-order chi connectivity index (χ1) is 7.15. The molecule has 0 bridgehead atoms. The summed E-state index contributed by atoms with van der Waals surface area (Å²) in [4.78, 5) is 13.8. The first-order valence-corrected chi connectivity index (χ1v) is 6.07. The van der Waals surface area contributed by atoms with E-state index >= 15 is 0 Å². The topological polar surface area (TPSA) is 40.5 Å². The van der Waals surface area contributed by atoms with Crippen LogP contribution in [0, 0.1) is 11.3 Å². The lowest BCUT2D eigenvalue weighted by molar-refractivity contribution is -0.153. The summed E-state index contributed by atoms with van der Waals surface area (Å²) in [5.74, 6) is -0.108. The third-order valence-corrected chi connectivity index (χ3v) is 4.42. The summed E-state index contributed by atoms with van der Waals surface area (Å²) in [7, 11) is 2.12. The van der Waals surface area contributed by atoms with Crippen LogP contribution in [-0.4, -0.2) is 36.1 Å². The molecule has 0 unspecified atom stereocenters. The van der Waals surface area contributed by atoms with Gasteiger partial charge in [-0.15, -0.1) is 0 Å². The van der Waals surface area contributed by atoms with Crippen LogP contribution in [0.4, 0.5) is 0 Å². The SMILES string of the molecule is CN1CCC(C2(C(=O)O)CCCC2)CC1. The number of hydrogen-bond donors (Lipinski definition) is 1. The van der Waals surface area contributed by atoms with Crippen molar-refractivity contribution in [1.29, 1.82) is 0 Å². The largest absolute Gasteiger partial charge is 0.481 e. The Hall–Kier alpha value is -0.570. The number of carbonyl (C=O) groups is 1. The first-order valence-electron chi connectivity index (χ1n) is 6.07. The van der Waals surface area contributed by atoms with Crippen molar-refractivity contribution in [2.45, 2.75) is 38.5 Å². The fourth-order valence-corrected chi connectivity index (χ4v) is 3.36. The highest BCUT2D eigenvalue weighted by molar-refractivity contribution is 5.75. The van der Waals surface area contributed by atoms with E-state index in [1.807, 2.05) is 0 Å². The predicted molar refractivity (Wildman–Crippen MR) is 58.8 cm³/mol. The zero-order chi connectivity index (χ0) is 10.9. The molecule has 1 N–H and O–H groups in total. The monoisotopic (exact) mass is 211 g/mol. The summed E-state index contributed by atoms with van der Waals surface area (Å²) in [6.45, 7) is 2.14. The Morgan fingerprint density at radius 3 is 2.27 bits per heavy atom. The van der Waals surface area contributed by atoms with Gasteiger partial charge >= 0.3 is 5.97 Å². The van der Waals surface area contributed by atoms with Gasteiger partial charge in [-0.1, -0.05) is 12.8 Å². The summed E-state index contributed by atoms with van der Waals surface area (Å²) in [6.07, 6.45) is 6.19. The maximum absolute atomic E-state index is 11.5. The standard InChI is InChI=1S/C12H21NO2/c1-13-8-4-10(5-9-13)12(11(14)15)6-2-3-7-12/h10H,2-9H2,1H3,(H,14,15). The van der Waals surface area contributed by atoms with Crippen LogP contribution in [-0.2, 0) is 4.79 Å². The lowest BCUT2D eigenvalue weighted by Gasteiger charge is -2.39. The Morgan fingerprint density at radius 1 is 1.27 bits per heavy atom. The molecule has 1 saturated heterocycles. The number of nitrogens with zero attached hydrogens (tertiary/aromatic N) is 1. The Labute approximate surface area is 91.5 Å². The third kappa shape index (κ3) is 1.89. The summed E-state index contributed by atoms with van der Waals surface area (Å²) >= 11 is 0. The summed E-state index contributed by atoms with van der Waals surface area (Å²) in [5.41, 5.74) is -0.360. The van der Waals surface area contributed by atoms with Crippen LogP contribution in [0.15, 0.2) is 0 Å². The van der Waals surface area contributed by atoms with E-state index < -0.39 is 5.97 Å². The fourth-order valence-electron chi connectivity index (χ4n) is 3.36. The van der Waals surface area contributed by atoms with Crippen LogP contribution in [0.5, 0.6) is 0 Å². The van der Waals surface area contributed by atoms with Gasteiger partial charge in [0.05, 0.1) is 5.41 Å². The van der Waals surface area contributed by atoms with Crippen LogP contribution in [0.25, 0.3) is 0 Å². The quantitative estimate of drug-likeness (QED) is 0.759. The number of aliphatic carboxylic acids is 1. The Morgan fingerprint density at radius 2 is 1.80 bits per heavy atom. The van der Waals surface area contributed by atoms with Crippen molar-refractivity contribution >= 4 is 5.97 Å². The van der Waals surface area contributed by atoms with Crippen molar-refractivity contribution in [1.82, 2.24) is 4.90 Å². The molecule has 3 nitrogen and oxygen atoms in total. The van der Waals surface area contributed by atoms with E-state index in [1.165, 1.54) is 0 Å². The van der Waals surface area contributed by atoms with Crippen molar-refractivity contribution in [3.8, 4) is 0 Å². The van der Waals surface area contributed by atoms with E-state index in [4.69, 9.17) is 0 Å². The van der Waals surface area contributed by atoms with Crippen molar-refractivity contribution < 1.29 is 9.90 Å². The molecule has 15 heavy (non-hydrogen) atoms. The van der Waals surface area contributed by atoms with Gasteiger partial charge in [0.2, 0.25) is 0 Å². The molecular formula is C12H21NO2. The maximum atomic E-state index is 11.5. The minimum Gasteiger partial charge on any atom is -0.481 e. The molecule has 0 amide bonds. The molecule has 86 valence electrons. The van der Waals surface area contributed by atoms with Gasteiger partial charge in [-0.05, 0) is 51.7 Å². The molecule has 1 saturated carbocycles. The number of carboxylic acid groups (broad SMARTS) is 1. The van der Waals surface area contributed by atoms with Gasteiger partial charge < -0.3 is 10.0 Å². The average Bonchev–Trinajstić information content (AvgIpc) is 2.69. The molecular weight excluding hydrogens is 190 g/mol. The van der Waals surface area contributed by atoms with Gasteiger partial charge in [-0.3, -0.25) is 4.79 Å². The molecule has 2 rings (SSSR count). The summed E-state index contributed by atoms with van der Waals surface area (Å²) < 4.78 is 0. The minimum atomic E-state index is -0.533. The molecule has 2 aliphatic rings. The van der Waals surface area contributed by atoms with Crippen LogP contribution >= 0.6 is 0 Å². The third-order valence-electron chi connectivity index (χ3n) is 4.42. The highest BCUT2D eigenvalue weighted by atomic mass is 16.4. The zero-order valence-corrected chi connectivity index (χ0v) is 9.54. The highest BCUT2D eigenvalue weighted by Gasteiger charge is 2.47. The zero-order valence-electron chi connectivity index (χ0n) is 9.54. The maximum Gasteiger partial charge on any atom is 0.309 e. The second-order valence-electron chi connectivity index (χ2n) is 5.25. The Bertz CT molecular complexity index is 238. The van der Waals surface area contributed by atoms with Crippen LogP contribution in [0.1, 0.15) is 38.5 Å². The van der Waals surface area contributed by atoms with Gasteiger partial charge in [0, 0.05) is 0 Å². The predicted octanol–water partition coefficient (Wildman–Crippen LogP) is 1.97. The molecule has 0 aromatic heterocycles. The molecule has 0 spiro atoms. The number of rotatable bonds is 2. The van der Waals surface area contributed by atoms with Gasteiger partial charge in [0.25, 0.3) is 0 Å². The van der Waals surface area contributed by atoms with E-state index in [0.717, 1.165) is 51.6 Å². The molecule has 1 aliphatic heterocycles. The molecule has 0 radical (unpaired) electrons. The van der Waals surface area contributed by atoms with Gasteiger partial charge in [0.15, 0.2) is 0 Å². The van der Waals surface area contributed by atoms with E-state index in [2.05, 4.69) is 11.9 Å². The molecule has 1 heterocycles. The lowest BCUT2D eigenvalue weighted by atomic mass is 9.69. The Kier molecular flexibility index (Phi) is 3.01. The van der Waals surface area contributed by atoms with E-state index in [1.54, 1.807) is 0 Å². The molecule has 2 fully saturated rings. The normalized spacial score (nSPS) is 28.1. The van der Waals surface area contributed by atoms with Crippen LogP contribution in [0.2, 0.25) is 0 Å². The molecule has 0 atom stereocenters. The lowest BCUT2D eigenvalue weighted by Crippen LogP contribution is -2.42. The first kappa shape index (κ1) is 10.9. The van der Waals surface area contributed by atoms with E-state index in [-0.39, 0.29) is 5.41 Å². The van der Waals surface area contributed by atoms with Gasteiger partial charge in [-0.2, -0.15) is 0 Å². The van der Waals surface area contributed by atoms with Crippen molar-refractivity contribution in [2.75, 3.05) is 20.1 Å². The van der Waals surface area contributed by atoms with Crippen molar-refractivity contribution in [2.24, 2.45) is 11.3 Å². The number of carboxylic acids is 1. The minimum absolute atomic E-state index is 0.360. The van der Waals surface area contributed by atoms with Crippen molar-refractivity contribution in [3.63, 3.8) is 0 Å². The van der Waals surface area contributed by atoms with Gasteiger partial charge in [0.1, 0.15) is 0 Å². The smallest absolute Gasteiger partial charge is 0.309 e. The average molecular weight is 211 g/mol. The number of piperidine rings is 1. The molecule has 3 heteroatoms. The fraction of sp³-hybridized carbons (Fsp3) is 0.917. The summed E-state index contributed by atoms with van der Waals surface area (Å²) in [6, 6.07) is 0. The Balaban J connectivity index is 2.08. The summed E-state index contributed by atoms with van der Waals surface area (Å²) in [5, 5.41) is 9.47. The molecule has 0 aromatic carbocycles. The second-order valence-corrected chi connectivity index (χ2v) is 5.25. The van der Waals surface area contributed by atoms with Crippen LogP contribution < -0.4 is 0 Å². The molecule has 0 aromatic rings.